The summed E-state index contributed by atoms with van der Waals surface area (Å²) in [6.07, 6.45) is 0.638. The SMILES string of the molecule is CCOc1ccc(CCNC(=O)c2ccc(C[S@](=O)c3ccc(Br)cc3)o2)cc1OCC. The molecule has 32 heavy (non-hydrogen) atoms. The van der Waals surface area contributed by atoms with Crippen LogP contribution in [-0.4, -0.2) is 29.9 Å². The number of carbonyl (C=O) groups excluding carboxylic acids is 1. The number of ether oxygens (including phenoxy) is 2. The van der Waals surface area contributed by atoms with Crippen LogP contribution in [0, 0.1) is 0 Å². The van der Waals surface area contributed by atoms with Crippen molar-refractivity contribution < 1.29 is 22.9 Å². The molecule has 1 heterocycles. The van der Waals surface area contributed by atoms with Crippen molar-refractivity contribution in [1.29, 1.82) is 0 Å². The minimum Gasteiger partial charge on any atom is -0.490 e. The molecule has 3 aromatic rings. The predicted octanol–water partition coefficient (Wildman–Crippen LogP) is 5.12. The number of nitrogens with one attached hydrogen (secondary N) is 1. The van der Waals surface area contributed by atoms with Crippen molar-refractivity contribution >= 4 is 32.6 Å². The van der Waals surface area contributed by atoms with Crippen LogP contribution in [0.1, 0.15) is 35.7 Å². The lowest BCUT2D eigenvalue weighted by atomic mass is 10.1. The maximum Gasteiger partial charge on any atom is 0.287 e. The van der Waals surface area contributed by atoms with Crippen LogP contribution in [0.15, 0.2) is 68.4 Å². The molecule has 0 spiro atoms. The molecule has 0 radical (unpaired) electrons. The Kier molecular flexibility index (Phi) is 8.93. The zero-order chi connectivity index (χ0) is 22.9. The fourth-order valence-electron chi connectivity index (χ4n) is 3.03. The summed E-state index contributed by atoms with van der Waals surface area (Å²) in [7, 11) is -1.25. The van der Waals surface area contributed by atoms with Gasteiger partial charge in [-0.1, -0.05) is 22.0 Å². The molecule has 0 aliphatic rings. The molecule has 3 rings (SSSR count). The van der Waals surface area contributed by atoms with E-state index in [0.29, 0.717) is 48.3 Å². The first-order valence-corrected chi connectivity index (χ1v) is 12.5. The average molecular weight is 520 g/mol. The van der Waals surface area contributed by atoms with Crippen LogP contribution in [0.25, 0.3) is 0 Å². The summed E-state index contributed by atoms with van der Waals surface area (Å²) in [5.41, 5.74) is 1.03. The number of furan rings is 1. The Labute approximate surface area is 198 Å². The van der Waals surface area contributed by atoms with Crippen molar-refractivity contribution in [2.24, 2.45) is 0 Å². The van der Waals surface area contributed by atoms with E-state index in [-0.39, 0.29) is 17.4 Å². The third-order valence-electron chi connectivity index (χ3n) is 4.54. The molecule has 8 heteroatoms. The number of halogens is 1. The Hall–Kier alpha value is -2.58. The molecule has 1 amide bonds. The standard InChI is InChI=1S/C24H26BrNO5S/c1-3-29-21-11-5-17(15-23(21)30-4-2)13-14-26-24(27)22-12-8-19(31-22)16-32(28)20-9-6-18(25)7-10-20/h5-12,15H,3-4,13-14,16H2,1-2H3,(H,26,27)/t32-/m0/s1. The van der Waals surface area contributed by atoms with E-state index in [9.17, 15) is 9.00 Å². The first-order chi connectivity index (χ1) is 15.5. The summed E-state index contributed by atoms with van der Waals surface area (Å²) in [6, 6.07) is 16.4. The predicted molar refractivity (Wildman–Crippen MR) is 128 cm³/mol. The maximum absolute atomic E-state index is 12.5. The number of rotatable bonds is 11. The van der Waals surface area contributed by atoms with Gasteiger partial charge >= 0.3 is 0 Å². The number of amides is 1. The van der Waals surface area contributed by atoms with Crippen LogP contribution >= 0.6 is 15.9 Å². The molecule has 0 unspecified atom stereocenters. The third kappa shape index (κ3) is 6.71. The van der Waals surface area contributed by atoms with E-state index in [2.05, 4.69) is 21.2 Å². The fourth-order valence-corrected chi connectivity index (χ4v) is 4.32. The average Bonchev–Trinajstić information content (AvgIpc) is 3.25. The first-order valence-electron chi connectivity index (χ1n) is 10.4. The molecule has 0 bridgehead atoms. The Morgan fingerprint density at radius 3 is 2.44 bits per heavy atom. The highest BCUT2D eigenvalue weighted by molar-refractivity contribution is 9.10. The van der Waals surface area contributed by atoms with E-state index < -0.39 is 10.8 Å². The van der Waals surface area contributed by atoms with Crippen LogP contribution in [0.3, 0.4) is 0 Å². The molecule has 6 nitrogen and oxygen atoms in total. The molecule has 0 aliphatic heterocycles. The summed E-state index contributed by atoms with van der Waals surface area (Å²) in [5, 5.41) is 2.86. The summed E-state index contributed by atoms with van der Waals surface area (Å²) in [6.45, 7) is 5.41. The summed E-state index contributed by atoms with van der Waals surface area (Å²) in [5.74, 6) is 2.03. The zero-order valence-electron chi connectivity index (χ0n) is 18.1. The topological polar surface area (TPSA) is 77.8 Å². The van der Waals surface area contributed by atoms with Gasteiger partial charge in [0.2, 0.25) is 0 Å². The van der Waals surface area contributed by atoms with Gasteiger partial charge in [0.05, 0.1) is 29.8 Å². The second-order valence-corrected chi connectivity index (χ2v) is 9.23. The van der Waals surface area contributed by atoms with Crippen molar-refractivity contribution in [2.75, 3.05) is 19.8 Å². The van der Waals surface area contributed by atoms with E-state index in [1.54, 1.807) is 24.3 Å². The van der Waals surface area contributed by atoms with Gasteiger partial charge in [0.1, 0.15) is 5.76 Å². The van der Waals surface area contributed by atoms with E-state index in [1.165, 1.54) is 0 Å². The molecule has 1 N–H and O–H groups in total. The largest absolute Gasteiger partial charge is 0.490 e. The van der Waals surface area contributed by atoms with Crippen molar-refractivity contribution in [1.82, 2.24) is 5.32 Å². The highest BCUT2D eigenvalue weighted by Crippen LogP contribution is 2.28. The van der Waals surface area contributed by atoms with Crippen LogP contribution in [0.5, 0.6) is 11.5 Å². The monoisotopic (exact) mass is 519 g/mol. The van der Waals surface area contributed by atoms with E-state index in [0.717, 1.165) is 10.0 Å². The van der Waals surface area contributed by atoms with Gasteiger partial charge in [-0.2, -0.15) is 0 Å². The first kappa shape index (κ1) is 24.1. The van der Waals surface area contributed by atoms with Gasteiger partial charge in [0.25, 0.3) is 5.91 Å². The number of hydrogen-bond acceptors (Lipinski definition) is 5. The smallest absolute Gasteiger partial charge is 0.287 e. The van der Waals surface area contributed by atoms with Crippen LogP contribution in [0.2, 0.25) is 0 Å². The second kappa shape index (κ2) is 11.9. The molecular weight excluding hydrogens is 494 g/mol. The van der Waals surface area contributed by atoms with Crippen molar-refractivity contribution in [3.05, 3.63) is 76.2 Å². The Balaban J connectivity index is 1.52. The van der Waals surface area contributed by atoms with Gasteiger partial charge in [0.15, 0.2) is 17.3 Å². The van der Waals surface area contributed by atoms with Crippen molar-refractivity contribution in [2.45, 2.75) is 30.9 Å². The zero-order valence-corrected chi connectivity index (χ0v) is 20.5. The van der Waals surface area contributed by atoms with E-state index >= 15 is 0 Å². The van der Waals surface area contributed by atoms with Crippen LogP contribution in [0.4, 0.5) is 0 Å². The highest BCUT2D eigenvalue weighted by atomic mass is 79.9. The second-order valence-electron chi connectivity index (χ2n) is 6.86. The van der Waals surface area contributed by atoms with Crippen molar-refractivity contribution in [3.63, 3.8) is 0 Å². The Morgan fingerprint density at radius 1 is 1.00 bits per heavy atom. The van der Waals surface area contributed by atoms with Gasteiger partial charge in [-0.25, -0.2) is 0 Å². The normalized spacial score (nSPS) is 11.7. The molecule has 1 aromatic heterocycles. The quantitative estimate of drug-likeness (QED) is 0.380. The third-order valence-corrected chi connectivity index (χ3v) is 6.42. The summed E-state index contributed by atoms with van der Waals surface area (Å²) < 4.78 is 30.2. The van der Waals surface area contributed by atoms with Gasteiger partial charge in [-0.05, 0) is 74.4 Å². The molecular formula is C24H26BrNO5S. The summed E-state index contributed by atoms with van der Waals surface area (Å²) in [4.78, 5) is 13.1. The number of hydrogen-bond donors (Lipinski definition) is 1. The Bertz CT molecular complexity index is 1060. The lowest BCUT2D eigenvalue weighted by Crippen LogP contribution is -2.25. The molecule has 2 aromatic carbocycles. The van der Waals surface area contributed by atoms with Crippen LogP contribution in [-0.2, 0) is 23.0 Å². The minimum atomic E-state index is -1.25. The van der Waals surface area contributed by atoms with Gasteiger partial charge < -0.3 is 19.2 Å². The molecule has 0 saturated heterocycles. The van der Waals surface area contributed by atoms with E-state index in [1.807, 2.05) is 44.2 Å². The molecule has 170 valence electrons. The van der Waals surface area contributed by atoms with E-state index in [4.69, 9.17) is 13.9 Å². The molecule has 0 fully saturated rings. The van der Waals surface area contributed by atoms with Crippen molar-refractivity contribution in [3.8, 4) is 11.5 Å². The number of benzene rings is 2. The van der Waals surface area contributed by atoms with Crippen LogP contribution < -0.4 is 14.8 Å². The fraction of sp³-hybridized carbons (Fsp3) is 0.292. The highest BCUT2D eigenvalue weighted by Gasteiger charge is 2.14. The lowest BCUT2D eigenvalue weighted by Gasteiger charge is -2.12. The summed E-state index contributed by atoms with van der Waals surface area (Å²) >= 11 is 3.36. The molecule has 0 saturated carbocycles. The Morgan fingerprint density at radius 2 is 1.72 bits per heavy atom. The van der Waals surface area contributed by atoms with Gasteiger partial charge in [-0.3, -0.25) is 9.00 Å². The molecule has 1 atom stereocenters. The van der Waals surface area contributed by atoms with Gasteiger partial charge in [0, 0.05) is 15.9 Å². The minimum absolute atomic E-state index is 0.203. The lowest BCUT2D eigenvalue weighted by molar-refractivity contribution is 0.0925. The maximum atomic E-state index is 12.5. The number of carbonyl (C=O) groups is 1. The molecule has 0 aliphatic carbocycles. The van der Waals surface area contributed by atoms with Gasteiger partial charge in [-0.15, -0.1) is 0 Å².